The minimum atomic E-state index is -0.613. The number of pyridine rings is 1. The van der Waals surface area contributed by atoms with Gasteiger partial charge in [-0.25, -0.2) is 4.98 Å². The third kappa shape index (κ3) is 3.85. The molecule has 1 aromatic rings. The van der Waals surface area contributed by atoms with Gasteiger partial charge in [0.15, 0.2) is 0 Å². The highest BCUT2D eigenvalue weighted by Gasteiger charge is 2.15. The van der Waals surface area contributed by atoms with E-state index in [1.54, 1.807) is 18.3 Å². The molecule has 0 spiro atoms. The van der Waals surface area contributed by atoms with Crippen molar-refractivity contribution in [3.63, 3.8) is 0 Å². The van der Waals surface area contributed by atoms with Gasteiger partial charge in [0.05, 0.1) is 6.10 Å². The van der Waals surface area contributed by atoms with E-state index in [1.807, 2.05) is 20.8 Å². The van der Waals surface area contributed by atoms with Crippen molar-refractivity contribution in [2.75, 3.05) is 12.3 Å². The molecule has 0 radical (unpaired) electrons. The van der Waals surface area contributed by atoms with Crippen LogP contribution in [0.3, 0.4) is 0 Å². The second-order valence-electron chi connectivity index (χ2n) is 4.62. The molecule has 15 heavy (non-hydrogen) atoms. The molecule has 4 nitrogen and oxygen atoms in total. The molecule has 0 aliphatic heterocycles. The summed E-state index contributed by atoms with van der Waals surface area (Å²) in [6.07, 6.45) is 1.00. The van der Waals surface area contributed by atoms with E-state index in [0.29, 0.717) is 17.9 Å². The van der Waals surface area contributed by atoms with E-state index >= 15 is 0 Å². The van der Waals surface area contributed by atoms with Gasteiger partial charge < -0.3 is 16.2 Å². The number of nitrogen functional groups attached to an aromatic ring is 1. The lowest BCUT2D eigenvalue weighted by molar-refractivity contribution is 0.163. The fourth-order valence-corrected chi connectivity index (χ4v) is 1.22. The second-order valence-corrected chi connectivity index (χ2v) is 4.62. The zero-order valence-electron chi connectivity index (χ0n) is 9.49. The summed E-state index contributed by atoms with van der Waals surface area (Å²) in [6, 6.07) is 3.56. The minimum Gasteiger partial charge on any atom is -0.387 e. The first-order chi connectivity index (χ1) is 6.90. The summed E-state index contributed by atoms with van der Waals surface area (Å²) in [5.74, 6) is 0.390. The largest absolute Gasteiger partial charge is 0.387 e. The summed E-state index contributed by atoms with van der Waals surface area (Å²) in [5.41, 5.74) is 6.32. The highest BCUT2D eigenvalue weighted by Crippen LogP contribution is 2.17. The molecule has 1 unspecified atom stereocenters. The lowest BCUT2D eigenvalue weighted by atomic mass is 10.1. The van der Waals surface area contributed by atoms with Crippen LogP contribution >= 0.6 is 0 Å². The van der Waals surface area contributed by atoms with Gasteiger partial charge in [-0.05, 0) is 26.8 Å². The predicted octanol–water partition coefficient (Wildman–Crippen LogP) is 1.09. The Balaban J connectivity index is 2.62. The zero-order valence-corrected chi connectivity index (χ0v) is 9.49. The van der Waals surface area contributed by atoms with Crippen molar-refractivity contribution in [2.24, 2.45) is 0 Å². The van der Waals surface area contributed by atoms with Gasteiger partial charge >= 0.3 is 0 Å². The number of nitrogens with one attached hydrogen (secondary N) is 1. The summed E-state index contributed by atoms with van der Waals surface area (Å²) < 4.78 is 0. The standard InChI is InChI=1S/C11H19N3O/c1-11(2,3)14-7-9(15)8-5-4-6-13-10(8)12/h4-6,9,14-15H,7H2,1-3H3,(H2,12,13). The Hall–Kier alpha value is -1.13. The predicted molar refractivity (Wildman–Crippen MR) is 61.4 cm³/mol. The number of aromatic nitrogens is 1. The van der Waals surface area contributed by atoms with Crippen molar-refractivity contribution in [1.29, 1.82) is 0 Å². The smallest absolute Gasteiger partial charge is 0.129 e. The number of nitrogens with two attached hydrogens (primary N) is 1. The van der Waals surface area contributed by atoms with Crippen molar-refractivity contribution in [2.45, 2.75) is 32.4 Å². The third-order valence-corrected chi connectivity index (χ3v) is 2.06. The first kappa shape index (κ1) is 11.9. The van der Waals surface area contributed by atoms with Crippen LogP contribution in [-0.4, -0.2) is 22.2 Å². The normalized spacial score (nSPS) is 13.9. The van der Waals surface area contributed by atoms with Gasteiger partial charge in [-0.3, -0.25) is 0 Å². The van der Waals surface area contributed by atoms with Crippen molar-refractivity contribution in [3.05, 3.63) is 23.9 Å². The third-order valence-electron chi connectivity index (χ3n) is 2.06. The Morgan fingerprint density at radius 1 is 1.53 bits per heavy atom. The van der Waals surface area contributed by atoms with Crippen molar-refractivity contribution in [1.82, 2.24) is 10.3 Å². The van der Waals surface area contributed by atoms with Gasteiger partial charge in [0.25, 0.3) is 0 Å². The maximum Gasteiger partial charge on any atom is 0.129 e. The van der Waals surface area contributed by atoms with E-state index in [2.05, 4.69) is 10.3 Å². The van der Waals surface area contributed by atoms with Crippen molar-refractivity contribution >= 4 is 5.82 Å². The number of rotatable bonds is 3. The Morgan fingerprint density at radius 2 is 2.20 bits per heavy atom. The topological polar surface area (TPSA) is 71.2 Å². The molecule has 0 bridgehead atoms. The van der Waals surface area contributed by atoms with E-state index in [-0.39, 0.29) is 5.54 Å². The number of aliphatic hydroxyl groups is 1. The number of hydrogen-bond donors (Lipinski definition) is 3. The van der Waals surface area contributed by atoms with Crippen LogP contribution in [0.5, 0.6) is 0 Å². The van der Waals surface area contributed by atoms with E-state index in [9.17, 15) is 5.11 Å². The van der Waals surface area contributed by atoms with Crippen LogP contribution in [0.2, 0.25) is 0 Å². The zero-order chi connectivity index (χ0) is 11.5. The maximum atomic E-state index is 9.88. The van der Waals surface area contributed by atoms with Crippen LogP contribution < -0.4 is 11.1 Å². The van der Waals surface area contributed by atoms with Crippen LogP contribution in [0.4, 0.5) is 5.82 Å². The molecule has 84 valence electrons. The van der Waals surface area contributed by atoms with E-state index in [0.717, 1.165) is 0 Å². The van der Waals surface area contributed by atoms with Crippen molar-refractivity contribution < 1.29 is 5.11 Å². The summed E-state index contributed by atoms with van der Waals surface area (Å²) in [5, 5.41) is 13.1. The first-order valence-corrected chi connectivity index (χ1v) is 5.03. The Bertz CT molecular complexity index is 320. The lowest BCUT2D eigenvalue weighted by Gasteiger charge is -2.23. The number of aliphatic hydroxyl groups excluding tert-OH is 1. The molecular weight excluding hydrogens is 190 g/mol. The average molecular weight is 209 g/mol. The first-order valence-electron chi connectivity index (χ1n) is 5.03. The van der Waals surface area contributed by atoms with Gasteiger partial charge in [-0.1, -0.05) is 6.07 Å². The van der Waals surface area contributed by atoms with E-state index in [1.165, 1.54) is 0 Å². The molecule has 0 amide bonds. The molecule has 0 aliphatic carbocycles. The van der Waals surface area contributed by atoms with Crippen LogP contribution in [0.15, 0.2) is 18.3 Å². The molecule has 4 N–H and O–H groups in total. The Kier molecular flexibility index (Phi) is 3.66. The molecular formula is C11H19N3O. The molecule has 1 aromatic heterocycles. The van der Waals surface area contributed by atoms with Crippen molar-refractivity contribution in [3.8, 4) is 0 Å². The summed E-state index contributed by atoms with van der Waals surface area (Å²) in [7, 11) is 0. The minimum absolute atomic E-state index is 0.0159. The average Bonchev–Trinajstić information content (AvgIpc) is 2.14. The SMILES string of the molecule is CC(C)(C)NCC(O)c1cccnc1N. The summed E-state index contributed by atoms with van der Waals surface area (Å²) in [6.45, 7) is 6.62. The summed E-state index contributed by atoms with van der Waals surface area (Å²) >= 11 is 0. The number of anilines is 1. The molecule has 0 aliphatic rings. The van der Waals surface area contributed by atoms with Gasteiger partial charge in [0, 0.05) is 23.8 Å². The highest BCUT2D eigenvalue weighted by molar-refractivity contribution is 5.40. The number of nitrogens with zero attached hydrogens (tertiary/aromatic N) is 1. The van der Waals surface area contributed by atoms with E-state index < -0.39 is 6.10 Å². The molecule has 0 aromatic carbocycles. The van der Waals surface area contributed by atoms with Gasteiger partial charge in [0.2, 0.25) is 0 Å². The molecule has 1 atom stereocenters. The summed E-state index contributed by atoms with van der Waals surface area (Å²) in [4.78, 5) is 3.93. The monoisotopic (exact) mass is 209 g/mol. The molecule has 0 saturated carbocycles. The highest BCUT2D eigenvalue weighted by atomic mass is 16.3. The van der Waals surface area contributed by atoms with Crippen LogP contribution in [0.1, 0.15) is 32.4 Å². The lowest BCUT2D eigenvalue weighted by Crippen LogP contribution is -2.38. The number of β-amino-alcohol motifs (C(OH)–C–C–N with tert-alkyl or cyclic N) is 1. The maximum absolute atomic E-state index is 9.88. The van der Waals surface area contributed by atoms with Crippen LogP contribution in [0, 0.1) is 0 Å². The molecule has 1 rings (SSSR count). The molecule has 1 heterocycles. The van der Waals surface area contributed by atoms with E-state index in [4.69, 9.17) is 5.73 Å². The number of hydrogen-bond acceptors (Lipinski definition) is 4. The van der Waals surface area contributed by atoms with Crippen LogP contribution in [-0.2, 0) is 0 Å². The van der Waals surface area contributed by atoms with Gasteiger partial charge in [-0.2, -0.15) is 0 Å². The van der Waals surface area contributed by atoms with Crippen LogP contribution in [0.25, 0.3) is 0 Å². The van der Waals surface area contributed by atoms with Gasteiger partial charge in [0.1, 0.15) is 5.82 Å². The fourth-order valence-electron chi connectivity index (χ4n) is 1.22. The molecule has 0 fully saturated rings. The Labute approximate surface area is 90.5 Å². The fraction of sp³-hybridized carbons (Fsp3) is 0.545. The Morgan fingerprint density at radius 3 is 2.73 bits per heavy atom. The molecule has 4 heteroatoms. The second kappa shape index (κ2) is 4.59. The molecule has 0 saturated heterocycles. The van der Waals surface area contributed by atoms with Gasteiger partial charge in [-0.15, -0.1) is 0 Å². The quantitative estimate of drug-likeness (QED) is 0.696.